The fraction of sp³-hybridized carbons (Fsp3) is 0.316. The van der Waals surface area contributed by atoms with Crippen molar-refractivity contribution in [3.8, 4) is 0 Å². The number of benzene rings is 1. The fourth-order valence-electron chi connectivity index (χ4n) is 3.51. The van der Waals surface area contributed by atoms with Crippen molar-refractivity contribution in [1.82, 2.24) is 9.29 Å². The van der Waals surface area contributed by atoms with Crippen LogP contribution in [-0.2, 0) is 10.0 Å². The molecule has 11 nitrogen and oxygen atoms in total. The molecule has 1 aliphatic rings. The molecule has 34 heavy (non-hydrogen) atoms. The number of piperazine rings is 1. The summed E-state index contributed by atoms with van der Waals surface area (Å²) in [6.45, 7) is 3.21. The number of rotatable bonds is 7. The molecular formula is C19H18ClN5O6S3. The quantitative estimate of drug-likeness (QED) is 0.316. The SMILES string of the molecule is CC(c1ccc([N+](=O)[O-])cc1)c1csc(N2CCN(S(=O)(=O)c3cc([N+](=O)[O-])c(Cl)s3)CC2)n1. The van der Waals surface area contributed by atoms with Crippen molar-refractivity contribution in [2.75, 3.05) is 31.1 Å². The van der Waals surface area contributed by atoms with E-state index in [1.807, 2.05) is 17.2 Å². The normalized spacial score (nSPS) is 15.9. The smallest absolute Gasteiger partial charge is 0.300 e. The third kappa shape index (κ3) is 4.77. The second-order valence-electron chi connectivity index (χ2n) is 7.50. The molecule has 0 saturated carbocycles. The number of thiophene rings is 1. The van der Waals surface area contributed by atoms with E-state index in [0.717, 1.165) is 22.5 Å². The predicted octanol–water partition coefficient (Wildman–Crippen LogP) is 4.34. The molecule has 1 unspecified atom stereocenters. The maximum atomic E-state index is 12.9. The lowest BCUT2D eigenvalue weighted by molar-refractivity contribution is -0.384. The summed E-state index contributed by atoms with van der Waals surface area (Å²) in [7, 11) is -3.89. The molecule has 3 heterocycles. The average Bonchev–Trinajstić information content (AvgIpc) is 3.46. The molecule has 1 atom stereocenters. The van der Waals surface area contributed by atoms with Crippen LogP contribution in [0.5, 0.6) is 0 Å². The highest BCUT2D eigenvalue weighted by Crippen LogP contribution is 2.38. The summed E-state index contributed by atoms with van der Waals surface area (Å²) in [5.74, 6) is -0.0631. The van der Waals surface area contributed by atoms with Crippen molar-refractivity contribution < 1.29 is 18.3 Å². The van der Waals surface area contributed by atoms with Gasteiger partial charge in [-0.3, -0.25) is 20.2 Å². The fourth-order valence-corrected chi connectivity index (χ4v) is 7.73. The lowest BCUT2D eigenvalue weighted by Crippen LogP contribution is -2.48. The summed E-state index contributed by atoms with van der Waals surface area (Å²) < 4.78 is 26.8. The molecule has 0 radical (unpaired) electrons. The van der Waals surface area contributed by atoms with E-state index < -0.39 is 25.6 Å². The molecule has 1 aromatic carbocycles. The maximum absolute atomic E-state index is 12.9. The van der Waals surface area contributed by atoms with Crippen LogP contribution in [-0.4, -0.2) is 53.7 Å². The van der Waals surface area contributed by atoms with Gasteiger partial charge >= 0.3 is 0 Å². The van der Waals surface area contributed by atoms with Crippen LogP contribution in [0.2, 0.25) is 4.34 Å². The first-order chi connectivity index (χ1) is 16.1. The summed E-state index contributed by atoms with van der Waals surface area (Å²) in [4.78, 5) is 27.4. The number of hydrogen-bond acceptors (Lipinski definition) is 10. The molecule has 0 aliphatic carbocycles. The van der Waals surface area contributed by atoms with E-state index in [9.17, 15) is 28.6 Å². The van der Waals surface area contributed by atoms with Gasteiger partial charge in [-0.15, -0.1) is 22.7 Å². The Balaban J connectivity index is 1.42. The maximum Gasteiger partial charge on any atom is 0.300 e. The van der Waals surface area contributed by atoms with E-state index >= 15 is 0 Å². The van der Waals surface area contributed by atoms with Crippen LogP contribution >= 0.6 is 34.3 Å². The van der Waals surface area contributed by atoms with Gasteiger partial charge in [0.05, 0.1) is 15.5 Å². The zero-order valence-electron chi connectivity index (χ0n) is 17.7. The minimum Gasteiger partial charge on any atom is -0.345 e. The molecule has 0 N–H and O–H groups in total. The molecule has 180 valence electrons. The summed E-state index contributed by atoms with van der Waals surface area (Å²) in [6.07, 6.45) is 0. The Labute approximate surface area is 207 Å². The van der Waals surface area contributed by atoms with Gasteiger partial charge in [0.2, 0.25) is 0 Å². The number of nitro benzene ring substituents is 1. The topological polar surface area (TPSA) is 140 Å². The van der Waals surface area contributed by atoms with Crippen LogP contribution in [0.3, 0.4) is 0 Å². The highest BCUT2D eigenvalue weighted by molar-refractivity contribution is 7.91. The number of halogens is 1. The largest absolute Gasteiger partial charge is 0.345 e. The van der Waals surface area contributed by atoms with Gasteiger partial charge in [0.15, 0.2) is 9.47 Å². The molecule has 1 fully saturated rings. The minimum absolute atomic E-state index is 0.0298. The van der Waals surface area contributed by atoms with Crippen LogP contribution in [0.15, 0.2) is 39.9 Å². The summed E-state index contributed by atoms with van der Waals surface area (Å²) in [6, 6.07) is 7.36. The van der Waals surface area contributed by atoms with E-state index in [0.29, 0.717) is 24.4 Å². The molecule has 3 aromatic rings. The molecule has 4 rings (SSSR count). The third-order valence-electron chi connectivity index (χ3n) is 5.50. The van der Waals surface area contributed by atoms with Crippen LogP contribution in [0.25, 0.3) is 0 Å². The molecule has 2 aromatic heterocycles. The lowest BCUT2D eigenvalue weighted by atomic mass is 9.98. The molecule has 0 bridgehead atoms. The van der Waals surface area contributed by atoms with Gasteiger partial charge in [-0.05, 0) is 5.56 Å². The number of aromatic nitrogens is 1. The number of nitro groups is 2. The number of sulfonamides is 1. The molecule has 1 aliphatic heterocycles. The van der Waals surface area contributed by atoms with Gasteiger partial charge in [0.1, 0.15) is 4.21 Å². The minimum atomic E-state index is -3.89. The van der Waals surface area contributed by atoms with Gasteiger partial charge < -0.3 is 4.90 Å². The number of nitrogens with zero attached hydrogens (tertiary/aromatic N) is 5. The lowest BCUT2D eigenvalue weighted by Gasteiger charge is -2.33. The van der Waals surface area contributed by atoms with E-state index in [4.69, 9.17) is 16.6 Å². The Morgan fingerprint density at radius 1 is 1.09 bits per heavy atom. The summed E-state index contributed by atoms with van der Waals surface area (Å²) in [5, 5.41) is 24.5. The van der Waals surface area contributed by atoms with Gasteiger partial charge in [-0.2, -0.15) is 4.31 Å². The molecule has 1 saturated heterocycles. The second kappa shape index (κ2) is 9.54. The van der Waals surface area contributed by atoms with Gasteiger partial charge in [0.25, 0.3) is 21.4 Å². The van der Waals surface area contributed by atoms with Crippen molar-refractivity contribution in [2.45, 2.75) is 17.1 Å². The highest BCUT2D eigenvalue weighted by Gasteiger charge is 2.33. The van der Waals surface area contributed by atoms with Crippen LogP contribution in [0.1, 0.15) is 24.1 Å². The zero-order chi connectivity index (χ0) is 24.6. The third-order valence-corrected chi connectivity index (χ3v) is 10.1. The van der Waals surface area contributed by atoms with E-state index in [1.165, 1.54) is 27.8 Å². The van der Waals surface area contributed by atoms with Crippen molar-refractivity contribution in [2.24, 2.45) is 0 Å². The first kappa shape index (κ1) is 24.5. The highest BCUT2D eigenvalue weighted by atomic mass is 35.5. The van der Waals surface area contributed by atoms with Crippen LogP contribution in [0, 0.1) is 20.2 Å². The van der Waals surface area contributed by atoms with E-state index in [1.54, 1.807) is 12.1 Å². The van der Waals surface area contributed by atoms with Crippen molar-refractivity contribution in [3.05, 3.63) is 71.5 Å². The first-order valence-corrected chi connectivity index (χ1v) is 13.5. The molecule has 0 spiro atoms. The second-order valence-corrected chi connectivity index (χ2v) is 12.2. The standard InChI is InChI=1S/C19H18ClN5O6S3/c1-12(13-2-4-14(5-3-13)24(26)27)15-11-32-19(21-15)22-6-8-23(9-7-22)34(30,31)17-10-16(25(28)29)18(20)33-17/h2-5,10-12H,6-9H2,1H3. The Hall–Kier alpha value is -2.65. The summed E-state index contributed by atoms with van der Waals surface area (Å²) in [5.41, 5.74) is 1.34. The zero-order valence-corrected chi connectivity index (χ0v) is 20.9. The van der Waals surface area contributed by atoms with Gasteiger partial charge in [0, 0.05) is 55.7 Å². The predicted molar refractivity (Wildman–Crippen MR) is 130 cm³/mol. The van der Waals surface area contributed by atoms with Crippen molar-refractivity contribution >= 4 is 60.8 Å². The monoisotopic (exact) mass is 543 g/mol. The van der Waals surface area contributed by atoms with E-state index in [-0.39, 0.29) is 33.2 Å². The van der Waals surface area contributed by atoms with Gasteiger partial charge in [-0.1, -0.05) is 30.7 Å². The van der Waals surface area contributed by atoms with Crippen molar-refractivity contribution in [3.63, 3.8) is 0 Å². The Bertz CT molecular complexity index is 1330. The molecule has 15 heteroatoms. The Kier molecular flexibility index (Phi) is 6.87. The Morgan fingerprint density at radius 2 is 1.74 bits per heavy atom. The Morgan fingerprint density at radius 3 is 2.29 bits per heavy atom. The van der Waals surface area contributed by atoms with Crippen molar-refractivity contribution in [1.29, 1.82) is 0 Å². The van der Waals surface area contributed by atoms with E-state index in [2.05, 4.69) is 0 Å². The van der Waals surface area contributed by atoms with Gasteiger partial charge in [-0.25, -0.2) is 13.4 Å². The number of anilines is 1. The molecular weight excluding hydrogens is 526 g/mol. The average molecular weight is 544 g/mol. The first-order valence-electron chi connectivity index (χ1n) is 9.96. The molecule has 0 amide bonds. The van der Waals surface area contributed by atoms with Crippen LogP contribution < -0.4 is 4.90 Å². The number of thiazole rings is 1. The number of non-ortho nitro benzene ring substituents is 1. The number of hydrogen-bond donors (Lipinski definition) is 0. The summed E-state index contributed by atoms with van der Waals surface area (Å²) >= 11 is 7.96. The van der Waals surface area contributed by atoms with Crippen LogP contribution in [0.4, 0.5) is 16.5 Å².